The van der Waals surface area contributed by atoms with E-state index in [9.17, 15) is 15.0 Å². The number of hydrogen-bond acceptors (Lipinski definition) is 8. The second-order valence-corrected chi connectivity index (χ2v) is 7.53. The van der Waals surface area contributed by atoms with Crippen LogP contribution in [0.15, 0.2) is 49.1 Å². The number of rotatable bonds is 6. The molecule has 0 aliphatic carbocycles. The predicted octanol–water partition coefficient (Wildman–Crippen LogP) is 0.596. The Morgan fingerprint density at radius 2 is 2.13 bits per heavy atom. The van der Waals surface area contributed by atoms with Crippen LogP contribution in [-0.2, 0) is 16.0 Å². The molecular weight excluding hydrogens is 424 g/mol. The van der Waals surface area contributed by atoms with Crippen molar-refractivity contribution in [2.24, 2.45) is 0 Å². The summed E-state index contributed by atoms with van der Waals surface area (Å²) < 4.78 is 7.30. The lowest BCUT2D eigenvalue weighted by atomic mass is 10.1. The fraction of sp³-hybridized carbons (Fsp3) is 0.300. The molecule has 0 spiro atoms. The largest absolute Gasteiger partial charge is 0.387 e. The standard InChI is InChI=1S/C20H21ClN6O4/c21-12-4-1-3-11(7-12)8-14(28)23-6-2-5-13-16(29)17(30)20(31-13)27-10-26-15-18(22)24-9-25-19(15)27/h1-5,7,9-10,13,16-17,20,29-30H,6,8H2,(H,23,28)(H2,22,24,25)/b5-2+/t13-,16-,17-,20-/m1/s1. The number of carbonyl (C=O) groups excluding carboxylic acids is 1. The Balaban J connectivity index is 1.35. The predicted molar refractivity (Wildman–Crippen MR) is 113 cm³/mol. The highest BCUT2D eigenvalue weighted by Gasteiger charge is 2.43. The van der Waals surface area contributed by atoms with Gasteiger partial charge in [-0.15, -0.1) is 0 Å². The van der Waals surface area contributed by atoms with E-state index in [1.54, 1.807) is 30.4 Å². The quantitative estimate of drug-likeness (QED) is 0.404. The van der Waals surface area contributed by atoms with Crippen molar-refractivity contribution in [1.82, 2.24) is 24.8 Å². The summed E-state index contributed by atoms with van der Waals surface area (Å²) in [4.78, 5) is 24.2. The number of hydrogen-bond donors (Lipinski definition) is 4. The Morgan fingerprint density at radius 3 is 2.94 bits per heavy atom. The first kappa shape index (κ1) is 21.2. The number of aliphatic hydroxyl groups excluding tert-OH is 2. The van der Waals surface area contributed by atoms with E-state index in [4.69, 9.17) is 22.1 Å². The van der Waals surface area contributed by atoms with Crippen molar-refractivity contribution in [2.75, 3.05) is 12.3 Å². The highest BCUT2D eigenvalue weighted by atomic mass is 35.5. The third kappa shape index (κ3) is 4.52. The van der Waals surface area contributed by atoms with Crippen LogP contribution in [-0.4, -0.2) is 60.5 Å². The zero-order valence-electron chi connectivity index (χ0n) is 16.3. The van der Waals surface area contributed by atoms with E-state index < -0.39 is 24.5 Å². The number of nitrogens with zero attached hydrogens (tertiary/aromatic N) is 4. The summed E-state index contributed by atoms with van der Waals surface area (Å²) in [6.45, 7) is 0.241. The second kappa shape index (κ2) is 8.98. The van der Waals surface area contributed by atoms with Gasteiger partial charge < -0.3 is 26.0 Å². The maximum Gasteiger partial charge on any atom is 0.224 e. The van der Waals surface area contributed by atoms with Crippen LogP contribution in [0.25, 0.3) is 11.2 Å². The zero-order chi connectivity index (χ0) is 22.0. The number of aliphatic hydroxyl groups is 2. The highest BCUT2D eigenvalue weighted by molar-refractivity contribution is 6.30. The summed E-state index contributed by atoms with van der Waals surface area (Å²) in [7, 11) is 0. The molecule has 4 rings (SSSR count). The first-order valence-electron chi connectivity index (χ1n) is 9.56. The van der Waals surface area contributed by atoms with E-state index >= 15 is 0 Å². The summed E-state index contributed by atoms with van der Waals surface area (Å²) in [6.07, 6.45) is 2.12. The lowest BCUT2D eigenvalue weighted by Gasteiger charge is -2.16. The monoisotopic (exact) mass is 444 g/mol. The molecule has 1 aromatic carbocycles. The van der Waals surface area contributed by atoms with Gasteiger partial charge in [-0.3, -0.25) is 9.36 Å². The molecule has 1 fully saturated rings. The van der Waals surface area contributed by atoms with E-state index in [0.717, 1.165) is 5.56 Å². The number of ether oxygens (including phenoxy) is 1. The van der Waals surface area contributed by atoms with Gasteiger partial charge >= 0.3 is 0 Å². The maximum atomic E-state index is 12.1. The molecule has 4 atom stereocenters. The van der Waals surface area contributed by atoms with Crippen molar-refractivity contribution in [2.45, 2.75) is 31.0 Å². The number of carbonyl (C=O) groups is 1. The fourth-order valence-corrected chi connectivity index (χ4v) is 3.61. The molecule has 2 aromatic heterocycles. The highest BCUT2D eigenvalue weighted by Crippen LogP contribution is 2.32. The van der Waals surface area contributed by atoms with E-state index in [1.165, 1.54) is 17.2 Å². The van der Waals surface area contributed by atoms with E-state index in [0.29, 0.717) is 16.2 Å². The van der Waals surface area contributed by atoms with Crippen molar-refractivity contribution in [3.8, 4) is 0 Å². The van der Waals surface area contributed by atoms with Crippen molar-refractivity contribution in [1.29, 1.82) is 0 Å². The molecule has 0 saturated carbocycles. The van der Waals surface area contributed by atoms with Gasteiger partial charge in [0, 0.05) is 11.6 Å². The van der Waals surface area contributed by atoms with Crippen LogP contribution >= 0.6 is 11.6 Å². The lowest BCUT2D eigenvalue weighted by molar-refractivity contribution is -0.120. The molecule has 31 heavy (non-hydrogen) atoms. The van der Waals surface area contributed by atoms with Gasteiger partial charge in [0.05, 0.1) is 12.7 Å². The number of amides is 1. The molecule has 3 aromatic rings. The van der Waals surface area contributed by atoms with Gasteiger partial charge in [-0.05, 0) is 17.7 Å². The van der Waals surface area contributed by atoms with Gasteiger partial charge in [-0.1, -0.05) is 35.9 Å². The summed E-state index contributed by atoms with van der Waals surface area (Å²) in [5, 5.41) is 24.1. The first-order valence-corrected chi connectivity index (χ1v) is 9.94. The Labute approximate surface area is 182 Å². The topological polar surface area (TPSA) is 148 Å². The van der Waals surface area contributed by atoms with E-state index in [1.807, 2.05) is 6.07 Å². The first-order chi connectivity index (χ1) is 14.9. The average molecular weight is 445 g/mol. The molecular formula is C20H21ClN6O4. The van der Waals surface area contributed by atoms with Crippen LogP contribution in [0.3, 0.4) is 0 Å². The van der Waals surface area contributed by atoms with Crippen molar-refractivity contribution < 1.29 is 19.7 Å². The number of aromatic nitrogens is 4. The summed E-state index contributed by atoms with van der Waals surface area (Å²) in [6, 6.07) is 7.09. The number of halogens is 1. The van der Waals surface area contributed by atoms with Crippen molar-refractivity contribution >= 4 is 34.5 Å². The van der Waals surface area contributed by atoms with Gasteiger partial charge in [-0.2, -0.15) is 0 Å². The third-order valence-electron chi connectivity index (χ3n) is 4.93. The maximum absolute atomic E-state index is 12.1. The molecule has 1 amide bonds. The van der Waals surface area contributed by atoms with Crippen LogP contribution in [0.4, 0.5) is 5.82 Å². The molecule has 3 heterocycles. The zero-order valence-corrected chi connectivity index (χ0v) is 17.1. The SMILES string of the molecule is Nc1ncnc2c1ncn2[C@@H]1O[C@H](/C=C/CNC(=O)Cc2cccc(Cl)c2)[C@@H](O)[C@H]1O. The van der Waals surface area contributed by atoms with Crippen LogP contribution in [0.5, 0.6) is 0 Å². The lowest BCUT2D eigenvalue weighted by Crippen LogP contribution is -2.31. The fourth-order valence-electron chi connectivity index (χ4n) is 3.40. The van der Waals surface area contributed by atoms with Crippen LogP contribution < -0.4 is 11.1 Å². The number of nitrogens with two attached hydrogens (primary N) is 1. The summed E-state index contributed by atoms with van der Waals surface area (Å²) in [5.74, 6) is 0.0432. The van der Waals surface area contributed by atoms with Gasteiger partial charge in [0.25, 0.3) is 0 Å². The van der Waals surface area contributed by atoms with Gasteiger partial charge in [0.1, 0.15) is 30.2 Å². The Morgan fingerprint density at radius 1 is 1.29 bits per heavy atom. The van der Waals surface area contributed by atoms with Gasteiger partial charge in [0.15, 0.2) is 17.7 Å². The average Bonchev–Trinajstić information content (AvgIpc) is 3.28. The van der Waals surface area contributed by atoms with Crippen molar-refractivity contribution in [3.63, 3.8) is 0 Å². The molecule has 10 nitrogen and oxygen atoms in total. The Hall–Kier alpha value is -3.05. The number of fused-ring (bicyclic) bond motifs is 1. The summed E-state index contributed by atoms with van der Waals surface area (Å²) in [5.41, 5.74) is 7.37. The van der Waals surface area contributed by atoms with E-state index in [-0.39, 0.29) is 24.7 Å². The number of nitrogen functional groups attached to an aromatic ring is 1. The second-order valence-electron chi connectivity index (χ2n) is 7.09. The van der Waals surface area contributed by atoms with E-state index in [2.05, 4.69) is 20.3 Å². The number of anilines is 1. The van der Waals surface area contributed by atoms with Crippen LogP contribution in [0.1, 0.15) is 11.8 Å². The smallest absolute Gasteiger partial charge is 0.224 e. The molecule has 0 unspecified atom stereocenters. The van der Waals surface area contributed by atoms with Gasteiger partial charge in [-0.25, -0.2) is 15.0 Å². The molecule has 162 valence electrons. The van der Waals surface area contributed by atoms with Crippen LogP contribution in [0.2, 0.25) is 5.02 Å². The minimum absolute atomic E-state index is 0.167. The molecule has 1 aliphatic heterocycles. The molecule has 11 heteroatoms. The van der Waals surface area contributed by atoms with Crippen LogP contribution in [0, 0.1) is 0 Å². The molecule has 1 saturated heterocycles. The molecule has 0 radical (unpaired) electrons. The van der Waals surface area contributed by atoms with Gasteiger partial charge in [0.2, 0.25) is 5.91 Å². The third-order valence-corrected chi connectivity index (χ3v) is 5.17. The summed E-state index contributed by atoms with van der Waals surface area (Å²) >= 11 is 5.92. The molecule has 1 aliphatic rings. The number of imidazole rings is 1. The Bertz CT molecular complexity index is 1120. The molecule has 0 bridgehead atoms. The number of nitrogens with one attached hydrogen (secondary N) is 1. The minimum atomic E-state index is -1.21. The Kier molecular flexibility index (Phi) is 6.14. The minimum Gasteiger partial charge on any atom is -0.387 e. The normalized spacial score (nSPS) is 23.6. The molecule has 5 N–H and O–H groups in total. The van der Waals surface area contributed by atoms with Crippen molar-refractivity contribution in [3.05, 3.63) is 59.7 Å². The number of benzene rings is 1.